The Labute approximate surface area is 107 Å². The number of nitrogens with one attached hydrogen (secondary N) is 1. The maximum Gasteiger partial charge on any atom is 0.288 e. The zero-order valence-electron chi connectivity index (χ0n) is 11.2. The number of hydrogen-bond donors (Lipinski definition) is 1. The Balaban J connectivity index is 2.29. The lowest BCUT2D eigenvalue weighted by atomic mass is 9.98. The Morgan fingerprint density at radius 3 is 2.89 bits per heavy atom. The van der Waals surface area contributed by atoms with Crippen molar-refractivity contribution in [2.45, 2.75) is 45.9 Å². The zero-order valence-corrected chi connectivity index (χ0v) is 11.2. The van der Waals surface area contributed by atoms with Crippen LogP contribution in [0, 0.1) is 16.0 Å². The number of hydrogen-bond acceptors (Lipinski definition) is 5. The molecule has 2 aliphatic rings. The fourth-order valence-electron chi connectivity index (χ4n) is 2.73. The topological polar surface area (TPSA) is 67.6 Å². The predicted molar refractivity (Wildman–Crippen MR) is 67.1 cm³/mol. The molecular weight excluding hydrogens is 234 g/mol. The van der Waals surface area contributed by atoms with Gasteiger partial charge in [-0.3, -0.25) is 10.1 Å². The molecule has 0 aromatic carbocycles. The van der Waals surface area contributed by atoms with Gasteiger partial charge in [0.2, 0.25) is 0 Å². The minimum absolute atomic E-state index is 0.0383. The van der Waals surface area contributed by atoms with Crippen molar-refractivity contribution >= 4 is 0 Å². The number of nitro groups is 1. The summed E-state index contributed by atoms with van der Waals surface area (Å²) in [4.78, 5) is 13.0. The minimum Gasteiger partial charge on any atom is -0.364 e. The van der Waals surface area contributed by atoms with Gasteiger partial charge in [0.05, 0.1) is 10.8 Å². The molecule has 3 atom stereocenters. The SMILES string of the molecule is CCCOC1CC(C)C([N+](=O)[O-])=C2NCC(C)N21. The van der Waals surface area contributed by atoms with Gasteiger partial charge in [0.25, 0.3) is 5.70 Å². The molecule has 0 bridgehead atoms. The van der Waals surface area contributed by atoms with Crippen molar-refractivity contribution in [3.05, 3.63) is 21.6 Å². The summed E-state index contributed by atoms with van der Waals surface area (Å²) in [7, 11) is 0. The van der Waals surface area contributed by atoms with Crippen LogP contribution in [0.25, 0.3) is 0 Å². The van der Waals surface area contributed by atoms with Gasteiger partial charge in [-0.2, -0.15) is 0 Å². The molecule has 6 nitrogen and oxygen atoms in total. The molecule has 2 heterocycles. The van der Waals surface area contributed by atoms with Crippen molar-refractivity contribution in [2.24, 2.45) is 5.92 Å². The monoisotopic (exact) mass is 255 g/mol. The van der Waals surface area contributed by atoms with Gasteiger partial charge in [-0.25, -0.2) is 0 Å². The molecule has 0 amide bonds. The first kappa shape index (κ1) is 13.1. The molecule has 2 aliphatic heterocycles. The van der Waals surface area contributed by atoms with Gasteiger partial charge >= 0.3 is 0 Å². The van der Waals surface area contributed by atoms with Gasteiger partial charge in [-0.05, 0) is 13.3 Å². The fraction of sp³-hybridized carbons (Fsp3) is 0.833. The summed E-state index contributed by atoms with van der Waals surface area (Å²) in [5.74, 6) is 0.582. The third-order valence-corrected chi connectivity index (χ3v) is 3.58. The number of fused-ring (bicyclic) bond motifs is 1. The lowest BCUT2D eigenvalue weighted by Gasteiger charge is -2.37. The van der Waals surface area contributed by atoms with Gasteiger partial charge < -0.3 is 15.0 Å². The van der Waals surface area contributed by atoms with Gasteiger partial charge in [-0.1, -0.05) is 13.8 Å². The zero-order chi connectivity index (χ0) is 13.3. The summed E-state index contributed by atoms with van der Waals surface area (Å²) in [6.07, 6.45) is 1.61. The number of rotatable bonds is 4. The van der Waals surface area contributed by atoms with Crippen LogP contribution in [0.1, 0.15) is 33.6 Å². The van der Waals surface area contributed by atoms with E-state index in [2.05, 4.69) is 19.2 Å². The minimum atomic E-state index is -0.256. The predicted octanol–water partition coefficient (Wildman–Crippen LogP) is 1.52. The summed E-state index contributed by atoms with van der Waals surface area (Å²) in [6.45, 7) is 7.47. The van der Waals surface area contributed by atoms with E-state index in [9.17, 15) is 10.1 Å². The van der Waals surface area contributed by atoms with Crippen LogP contribution in [0.2, 0.25) is 0 Å². The molecule has 0 aliphatic carbocycles. The molecule has 1 fully saturated rings. The molecule has 0 spiro atoms. The maximum absolute atomic E-state index is 11.2. The third-order valence-electron chi connectivity index (χ3n) is 3.58. The molecule has 102 valence electrons. The highest BCUT2D eigenvalue weighted by Gasteiger charge is 2.44. The standard InChI is InChI=1S/C12H21N3O3/c1-4-5-18-10-6-8(2)11(15(16)17)12-13-7-9(3)14(10)12/h8-10,13H,4-7H2,1-3H3. The molecule has 0 aromatic rings. The van der Waals surface area contributed by atoms with Gasteiger partial charge in [0.1, 0.15) is 6.23 Å². The summed E-state index contributed by atoms with van der Waals surface area (Å²) < 4.78 is 5.84. The van der Waals surface area contributed by atoms with Crippen LogP contribution in [0.5, 0.6) is 0 Å². The number of nitrogens with zero attached hydrogens (tertiary/aromatic N) is 2. The second kappa shape index (κ2) is 5.14. The highest BCUT2D eigenvalue weighted by Crippen LogP contribution is 2.35. The first-order valence-electron chi connectivity index (χ1n) is 6.58. The Hall–Kier alpha value is -1.30. The summed E-state index contributed by atoms with van der Waals surface area (Å²) >= 11 is 0. The van der Waals surface area contributed by atoms with Crippen LogP contribution < -0.4 is 5.32 Å². The molecule has 6 heteroatoms. The molecule has 0 saturated carbocycles. The summed E-state index contributed by atoms with van der Waals surface area (Å²) in [5, 5.41) is 14.3. The van der Waals surface area contributed by atoms with E-state index in [-0.39, 0.29) is 23.1 Å². The van der Waals surface area contributed by atoms with E-state index in [1.807, 2.05) is 11.8 Å². The van der Waals surface area contributed by atoms with Crippen molar-refractivity contribution in [3.8, 4) is 0 Å². The number of allylic oxidation sites excluding steroid dienone is 1. The van der Waals surface area contributed by atoms with E-state index >= 15 is 0 Å². The Bertz CT molecular complexity index is 370. The van der Waals surface area contributed by atoms with E-state index < -0.39 is 0 Å². The highest BCUT2D eigenvalue weighted by molar-refractivity contribution is 5.17. The highest BCUT2D eigenvalue weighted by atomic mass is 16.6. The van der Waals surface area contributed by atoms with Crippen LogP contribution in [0.15, 0.2) is 11.5 Å². The van der Waals surface area contributed by atoms with Crippen LogP contribution in [-0.4, -0.2) is 35.2 Å². The second-order valence-electron chi connectivity index (χ2n) is 5.09. The lowest BCUT2D eigenvalue weighted by molar-refractivity contribution is -0.439. The molecule has 3 unspecified atom stereocenters. The largest absolute Gasteiger partial charge is 0.364 e. The molecule has 2 rings (SSSR count). The number of ether oxygens (including phenoxy) is 1. The normalized spacial score (nSPS) is 31.3. The maximum atomic E-state index is 11.2. The van der Waals surface area contributed by atoms with Crippen molar-refractivity contribution < 1.29 is 9.66 Å². The molecule has 0 aromatic heterocycles. The van der Waals surface area contributed by atoms with E-state index in [1.54, 1.807) is 0 Å². The van der Waals surface area contributed by atoms with E-state index in [1.165, 1.54) is 0 Å². The molecule has 0 radical (unpaired) electrons. The van der Waals surface area contributed by atoms with Gasteiger partial charge in [-0.15, -0.1) is 0 Å². The smallest absolute Gasteiger partial charge is 0.288 e. The quantitative estimate of drug-likeness (QED) is 0.609. The molecular formula is C12H21N3O3. The van der Waals surface area contributed by atoms with Crippen LogP contribution in [0.3, 0.4) is 0 Å². The van der Waals surface area contributed by atoms with Crippen LogP contribution in [-0.2, 0) is 4.74 Å². The van der Waals surface area contributed by atoms with Crippen LogP contribution >= 0.6 is 0 Å². The summed E-state index contributed by atoms with van der Waals surface area (Å²) in [5.41, 5.74) is 0.302. The van der Waals surface area contributed by atoms with E-state index in [0.29, 0.717) is 24.5 Å². The van der Waals surface area contributed by atoms with Crippen molar-refractivity contribution in [1.82, 2.24) is 10.2 Å². The first-order valence-corrected chi connectivity index (χ1v) is 6.58. The Morgan fingerprint density at radius 2 is 2.28 bits per heavy atom. The lowest BCUT2D eigenvalue weighted by Crippen LogP contribution is -2.45. The van der Waals surface area contributed by atoms with Gasteiger partial charge in [0, 0.05) is 25.6 Å². The average molecular weight is 255 g/mol. The molecule has 1 N–H and O–H groups in total. The summed E-state index contributed by atoms with van der Waals surface area (Å²) in [6, 6.07) is 0.240. The van der Waals surface area contributed by atoms with Crippen molar-refractivity contribution in [3.63, 3.8) is 0 Å². The van der Waals surface area contributed by atoms with E-state index in [0.717, 1.165) is 13.0 Å². The Kier molecular flexibility index (Phi) is 3.75. The van der Waals surface area contributed by atoms with Gasteiger partial charge in [0.15, 0.2) is 5.82 Å². The third kappa shape index (κ3) is 2.16. The van der Waals surface area contributed by atoms with Crippen molar-refractivity contribution in [2.75, 3.05) is 13.2 Å². The second-order valence-corrected chi connectivity index (χ2v) is 5.09. The van der Waals surface area contributed by atoms with Crippen LogP contribution in [0.4, 0.5) is 0 Å². The van der Waals surface area contributed by atoms with Crippen molar-refractivity contribution in [1.29, 1.82) is 0 Å². The Morgan fingerprint density at radius 1 is 1.56 bits per heavy atom. The molecule has 18 heavy (non-hydrogen) atoms. The fourth-order valence-corrected chi connectivity index (χ4v) is 2.73. The average Bonchev–Trinajstić information content (AvgIpc) is 2.67. The van der Waals surface area contributed by atoms with E-state index in [4.69, 9.17) is 4.74 Å². The molecule has 1 saturated heterocycles. The first-order chi connectivity index (χ1) is 8.56.